The van der Waals surface area contributed by atoms with Crippen LogP contribution in [0.5, 0.6) is 0 Å². The number of nitrogens with one attached hydrogen (secondary N) is 1. The summed E-state index contributed by atoms with van der Waals surface area (Å²) in [6.45, 7) is 4.20. The van der Waals surface area contributed by atoms with E-state index in [-0.39, 0.29) is 24.4 Å². The second-order valence-electron chi connectivity index (χ2n) is 4.77. The molecule has 0 spiro atoms. The first kappa shape index (κ1) is 16.3. The molecule has 0 saturated heterocycles. The summed E-state index contributed by atoms with van der Waals surface area (Å²) in [4.78, 5) is 23.0. The van der Waals surface area contributed by atoms with Gasteiger partial charge >= 0.3 is 5.97 Å². The Bertz CT molecular complexity index is 488. The fourth-order valence-electron chi connectivity index (χ4n) is 1.91. The van der Waals surface area contributed by atoms with Crippen LogP contribution in [-0.2, 0) is 4.79 Å². The van der Waals surface area contributed by atoms with Gasteiger partial charge in [-0.25, -0.2) is 4.39 Å². The lowest BCUT2D eigenvalue weighted by atomic mass is 9.98. The maximum absolute atomic E-state index is 13.2. The van der Waals surface area contributed by atoms with E-state index in [0.717, 1.165) is 6.42 Å². The molecular formula is C15H20FNO3. The van der Waals surface area contributed by atoms with Gasteiger partial charge in [0, 0.05) is 12.0 Å². The van der Waals surface area contributed by atoms with Gasteiger partial charge < -0.3 is 10.4 Å². The number of hydrogen-bond donors (Lipinski definition) is 2. The SMILES string of the molecule is CCCNC(CCC(=O)O)C(=O)c1ccc(F)c(C)c1. The van der Waals surface area contributed by atoms with E-state index in [4.69, 9.17) is 5.11 Å². The van der Waals surface area contributed by atoms with Crippen LogP contribution in [0.4, 0.5) is 4.39 Å². The molecule has 0 aliphatic heterocycles. The minimum atomic E-state index is -0.934. The number of carbonyl (C=O) groups is 2. The number of benzene rings is 1. The number of hydrogen-bond acceptors (Lipinski definition) is 3. The van der Waals surface area contributed by atoms with Gasteiger partial charge in [0.2, 0.25) is 0 Å². The molecule has 0 bridgehead atoms. The molecule has 0 saturated carbocycles. The van der Waals surface area contributed by atoms with Crippen molar-refractivity contribution in [2.24, 2.45) is 0 Å². The van der Waals surface area contributed by atoms with Crippen LogP contribution in [0.25, 0.3) is 0 Å². The molecule has 1 unspecified atom stereocenters. The molecule has 4 nitrogen and oxygen atoms in total. The second-order valence-corrected chi connectivity index (χ2v) is 4.77. The van der Waals surface area contributed by atoms with Crippen LogP contribution in [0.3, 0.4) is 0 Å². The number of halogens is 1. The molecule has 5 heteroatoms. The van der Waals surface area contributed by atoms with Gasteiger partial charge in [-0.05, 0) is 50.1 Å². The number of Topliss-reactive ketones (excluding diaryl/α,β-unsaturated/α-hetero) is 1. The van der Waals surface area contributed by atoms with Gasteiger partial charge in [-0.15, -0.1) is 0 Å². The number of carboxylic acids is 1. The predicted octanol–water partition coefficient (Wildman–Crippen LogP) is 2.55. The number of carbonyl (C=O) groups excluding carboxylic acids is 1. The first-order chi connectivity index (χ1) is 9.45. The maximum Gasteiger partial charge on any atom is 0.303 e. The fraction of sp³-hybridized carbons (Fsp3) is 0.467. The van der Waals surface area contributed by atoms with Crippen molar-refractivity contribution in [3.8, 4) is 0 Å². The van der Waals surface area contributed by atoms with Crippen molar-refractivity contribution in [2.75, 3.05) is 6.54 Å². The van der Waals surface area contributed by atoms with Crippen LogP contribution >= 0.6 is 0 Å². The molecule has 110 valence electrons. The fourth-order valence-corrected chi connectivity index (χ4v) is 1.91. The molecule has 1 rings (SSSR count). The third-order valence-electron chi connectivity index (χ3n) is 3.05. The molecule has 0 aliphatic carbocycles. The Balaban J connectivity index is 2.84. The van der Waals surface area contributed by atoms with Crippen molar-refractivity contribution < 1.29 is 19.1 Å². The number of aryl methyl sites for hydroxylation is 1. The Labute approximate surface area is 118 Å². The normalized spacial score (nSPS) is 12.2. The van der Waals surface area contributed by atoms with Crippen LogP contribution in [0.1, 0.15) is 42.1 Å². The van der Waals surface area contributed by atoms with Gasteiger partial charge in [0.05, 0.1) is 6.04 Å². The highest BCUT2D eigenvalue weighted by Crippen LogP contribution is 2.13. The summed E-state index contributed by atoms with van der Waals surface area (Å²) < 4.78 is 13.2. The zero-order valence-electron chi connectivity index (χ0n) is 11.8. The second kappa shape index (κ2) is 7.75. The minimum Gasteiger partial charge on any atom is -0.481 e. The number of carboxylic acid groups (broad SMARTS) is 1. The van der Waals surface area contributed by atoms with Crippen LogP contribution in [0.15, 0.2) is 18.2 Å². The number of aliphatic carboxylic acids is 1. The third-order valence-corrected chi connectivity index (χ3v) is 3.05. The van der Waals surface area contributed by atoms with Crippen molar-refractivity contribution in [2.45, 2.75) is 39.2 Å². The highest BCUT2D eigenvalue weighted by atomic mass is 19.1. The van der Waals surface area contributed by atoms with Gasteiger partial charge in [-0.1, -0.05) is 6.92 Å². The third kappa shape index (κ3) is 4.74. The Hall–Kier alpha value is -1.75. The average molecular weight is 281 g/mol. The molecule has 0 fully saturated rings. The summed E-state index contributed by atoms with van der Waals surface area (Å²) in [7, 11) is 0. The standard InChI is InChI=1S/C15H20FNO3/c1-3-8-17-13(6-7-14(18)19)15(20)11-4-5-12(16)10(2)9-11/h4-5,9,13,17H,3,6-8H2,1-2H3,(H,18,19). The number of rotatable bonds is 8. The molecular weight excluding hydrogens is 261 g/mol. The molecule has 1 aromatic carbocycles. The first-order valence-electron chi connectivity index (χ1n) is 6.71. The molecule has 0 aliphatic rings. The monoisotopic (exact) mass is 281 g/mol. The van der Waals surface area contributed by atoms with E-state index in [1.165, 1.54) is 18.2 Å². The van der Waals surface area contributed by atoms with Crippen LogP contribution in [0.2, 0.25) is 0 Å². The summed E-state index contributed by atoms with van der Waals surface area (Å²) >= 11 is 0. The molecule has 20 heavy (non-hydrogen) atoms. The van der Waals surface area contributed by atoms with Crippen LogP contribution in [-0.4, -0.2) is 29.4 Å². The summed E-state index contributed by atoms with van der Waals surface area (Å²) in [6, 6.07) is 3.65. The van der Waals surface area contributed by atoms with Crippen LogP contribution < -0.4 is 5.32 Å². The minimum absolute atomic E-state index is 0.0761. The molecule has 2 N–H and O–H groups in total. The van der Waals surface area contributed by atoms with Crippen molar-refractivity contribution in [3.63, 3.8) is 0 Å². The van der Waals surface area contributed by atoms with Gasteiger partial charge in [-0.2, -0.15) is 0 Å². The molecule has 0 heterocycles. The molecule has 0 radical (unpaired) electrons. The summed E-state index contributed by atoms with van der Waals surface area (Å²) in [5.74, 6) is -1.48. The first-order valence-corrected chi connectivity index (χ1v) is 6.71. The highest BCUT2D eigenvalue weighted by Gasteiger charge is 2.20. The van der Waals surface area contributed by atoms with E-state index in [1.807, 2.05) is 6.92 Å². The van der Waals surface area contributed by atoms with E-state index >= 15 is 0 Å². The zero-order valence-corrected chi connectivity index (χ0v) is 11.8. The van der Waals surface area contributed by atoms with Crippen molar-refractivity contribution >= 4 is 11.8 Å². The molecule has 1 atom stereocenters. The zero-order chi connectivity index (χ0) is 15.1. The van der Waals surface area contributed by atoms with Crippen LogP contribution in [0, 0.1) is 12.7 Å². The lowest BCUT2D eigenvalue weighted by molar-refractivity contribution is -0.137. The summed E-state index contributed by atoms with van der Waals surface area (Å²) in [6.07, 6.45) is 0.997. The predicted molar refractivity (Wildman–Crippen MR) is 74.4 cm³/mol. The van der Waals surface area contributed by atoms with Gasteiger partial charge in [0.15, 0.2) is 5.78 Å². The largest absolute Gasteiger partial charge is 0.481 e. The topological polar surface area (TPSA) is 66.4 Å². The molecule has 1 aromatic rings. The lowest BCUT2D eigenvalue weighted by Crippen LogP contribution is -2.37. The lowest BCUT2D eigenvalue weighted by Gasteiger charge is -2.17. The Morgan fingerprint density at radius 3 is 2.65 bits per heavy atom. The summed E-state index contributed by atoms with van der Waals surface area (Å²) in [5, 5.41) is 11.8. The van der Waals surface area contributed by atoms with E-state index in [9.17, 15) is 14.0 Å². The van der Waals surface area contributed by atoms with E-state index in [1.54, 1.807) is 6.92 Å². The Kier molecular flexibility index (Phi) is 6.31. The average Bonchev–Trinajstić information content (AvgIpc) is 2.41. The van der Waals surface area contributed by atoms with E-state index < -0.39 is 12.0 Å². The van der Waals surface area contributed by atoms with Crippen molar-refractivity contribution in [1.29, 1.82) is 0 Å². The smallest absolute Gasteiger partial charge is 0.303 e. The van der Waals surface area contributed by atoms with Crippen molar-refractivity contribution in [3.05, 3.63) is 35.1 Å². The Morgan fingerprint density at radius 2 is 2.10 bits per heavy atom. The van der Waals surface area contributed by atoms with E-state index in [2.05, 4.69) is 5.32 Å². The number of ketones is 1. The molecule has 0 aromatic heterocycles. The quantitative estimate of drug-likeness (QED) is 0.719. The van der Waals surface area contributed by atoms with E-state index in [0.29, 0.717) is 17.7 Å². The van der Waals surface area contributed by atoms with Gasteiger partial charge in [-0.3, -0.25) is 9.59 Å². The maximum atomic E-state index is 13.2. The van der Waals surface area contributed by atoms with Gasteiger partial charge in [0.1, 0.15) is 5.82 Å². The van der Waals surface area contributed by atoms with Crippen molar-refractivity contribution in [1.82, 2.24) is 5.32 Å². The van der Waals surface area contributed by atoms with Gasteiger partial charge in [0.25, 0.3) is 0 Å². The highest BCUT2D eigenvalue weighted by molar-refractivity contribution is 6.00. The summed E-state index contributed by atoms with van der Waals surface area (Å²) in [5.41, 5.74) is 0.811. The molecule has 0 amide bonds. The Morgan fingerprint density at radius 1 is 1.40 bits per heavy atom.